The Hall–Kier alpha value is -1.57. The number of rotatable bonds is 5. The topological polar surface area (TPSA) is 24.4 Å². The Balaban J connectivity index is 2.25. The Labute approximate surface area is 110 Å². The molecule has 1 atom stereocenters. The highest BCUT2D eigenvalue weighted by Gasteiger charge is 2.28. The van der Waals surface area contributed by atoms with Gasteiger partial charge in [0.15, 0.2) is 0 Å². The van der Waals surface area contributed by atoms with Crippen LogP contribution in [0, 0.1) is 0 Å². The van der Waals surface area contributed by atoms with Crippen molar-refractivity contribution in [2.24, 2.45) is 4.99 Å². The highest BCUT2D eigenvalue weighted by Crippen LogP contribution is 2.35. The van der Waals surface area contributed by atoms with Crippen molar-refractivity contribution in [2.75, 3.05) is 11.9 Å². The number of nitrogens with one attached hydrogen (secondary N) is 1. The van der Waals surface area contributed by atoms with Crippen LogP contribution in [0.4, 0.5) is 5.69 Å². The van der Waals surface area contributed by atoms with E-state index < -0.39 is 0 Å². The molecule has 0 aliphatic carbocycles. The first kappa shape index (κ1) is 12.9. The van der Waals surface area contributed by atoms with E-state index in [0.717, 1.165) is 12.3 Å². The van der Waals surface area contributed by atoms with Crippen molar-refractivity contribution >= 4 is 11.4 Å². The van der Waals surface area contributed by atoms with Crippen LogP contribution >= 0.6 is 0 Å². The summed E-state index contributed by atoms with van der Waals surface area (Å²) in [5.74, 6) is 0. The predicted octanol–water partition coefficient (Wildman–Crippen LogP) is 4.14. The highest BCUT2D eigenvalue weighted by atomic mass is 14.9. The number of anilines is 1. The Kier molecular flexibility index (Phi) is 3.85. The van der Waals surface area contributed by atoms with Gasteiger partial charge in [0.1, 0.15) is 5.54 Å². The molecule has 1 unspecified atom stereocenters. The molecule has 0 bridgehead atoms. The molecule has 1 aliphatic heterocycles. The van der Waals surface area contributed by atoms with Crippen molar-refractivity contribution in [3.8, 4) is 0 Å². The quantitative estimate of drug-likeness (QED) is 0.771. The number of allylic oxidation sites excluding steroid dienone is 1. The Morgan fingerprint density at radius 3 is 2.72 bits per heavy atom. The van der Waals surface area contributed by atoms with Gasteiger partial charge in [-0.1, -0.05) is 37.6 Å². The van der Waals surface area contributed by atoms with Crippen LogP contribution in [0.3, 0.4) is 0 Å². The number of unbranched alkanes of at least 4 members (excludes halogenated alkanes) is 1. The van der Waals surface area contributed by atoms with E-state index >= 15 is 0 Å². The molecule has 96 valence electrons. The molecule has 1 aromatic carbocycles. The van der Waals surface area contributed by atoms with Crippen molar-refractivity contribution in [3.63, 3.8) is 0 Å². The molecule has 0 amide bonds. The van der Waals surface area contributed by atoms with Crippen LogP contribution in [0.15, 0.2) is 41.4 Å². The molecule has 1 N–H and O–H groups in total. The van der Waals surface area contributed by atoms with Crippen molar-refractivity contribution in [3.05, 3.63) is 42.0 Å². The molecule has 2 rings (SSSR count). The van der Waals surface area contributed by atoms with Gasteiger partial charge in [0.25, 0.3) is 0 Å². The average molecular weight is 242 g/mol. The van der Waals surface area contributed by atoms with Crippen molar-refractivity contribution in [1.82, 2.24) is 0 Å². The van der Waals surface area contributed by atoms with Gasteiger partial charge in [-0.3, -0.25) is 4.99 Å². The number of hydrogen-bond donors (Lipinski definition) is 1. The molecular formula is C16H22N2. The molecule has 1 aromatic rings. The second-order valence-corrected chi connectivity index (χ2v) is 5.06. The monoisotopic (exact) mass is 242 g/mol. The van der Waals surface area contributed by atoms with E-state index in [0.29, 0.717) is 0 Å². The smallest absolute Gasteiger partial charge is 0.104 e. The van der Waals surface area contributed by atoms with Gasteiger partial charge in [-0.25, -0.2) is 0 Å². The van der Waals surface area contributed by atoms with E-state index in [1.807, 2.05) is 0 Å². The summed E-state index contributed by atoms with van der Waals surface area (Å²) in [6, 6.07) is 8.48. The Morgan fingerprint density at radius 1 is 1.28 bits per heavy atom. The molecule has 0 saturated carbocycles. The molecule has 1 heterocycles. The minimum absolute atomic E-state index is 0.208. The first-order valence-corrected chi connectivity index (χ1v) is 6.75. The van der Waals surface area contributed by atoms with E-state index in [1.54, 1.807) is 0 Å². The minimum Gasteiger partial charge on any atom is -0.385 e. The number of hydrogen-bond acceptors (Lipinski definition) is 2. The highest BCUT2D eigenvalue weighted by molar-refractivity contribution is 5.95. The van der Waals surface area contributed by atoms with Crippen LogP contribution in [0.5, 0.6) is 0 Å². The predicted molar refractivity (Wildman–Crippen MR) is 79.4 cm³/mol. The lowest BCUT2D eigenvalue weighted by atomic mass is 9.92. The zero-order valence-corrected chi connectivity index (χ0v) is 11.5. The van der Waals surface area contributed by atoms with Gasteiger partial charge < -0.3 is 5.32 Å². The molecule has 2 heteroatoms. The van der Waals surface area contributed by atoms with Gasteiger partial charge >= 0.3 is 0 Å². The third kappa shape index (κ3) is 2.63. The van der Waals surface area contributed by atoms with E-state index in [1.165, 1.54) is 24.1 Å². The molecular weight excluding hydrogens is 220 g/mol. The first-order valence-electron chi connectivity index (χ1n) is 6.75. The summed E-state index contributed by atoms with van der Waals surface area (Å²) >= 11 is 0. The summed E-state index contributed by atoms with van der Waals surface area (Å²) in [5, 5.41) is 3.53. The van der Waals surface area contributed by atoms with Crippen molar-refractivity contribution < 1.29 is 0 Å². The molecule has 0 saturated heterocycles. The summed E-state index contributed by atoms with van der Waals surface area (Å²) in [6.07, 6.45) is 6.69. The SMILES string of the molecule is CCCCNc1ccccc1C1(C)C=CC(C)=N1. The van der Waals surface area contributed by atoms with Gasteiger partial charge in [-0.15, -0.1) is 0 Å². The van der Waals surface area contributed by atoms with Gasteiger partial charge in [0.2, 0.25) is 0 Å². The maximum atomic E-state index is 4.75. The molecule has 0 fully saturated rings. The van der Waals surface area contributed by atoms with Crippen molar-refractivity contribution in [1.29, 1.82) is 0 Å². The van der Waals surface area contributed by atoms with E-state index in [-0.39, 0.29) is 5.54 Å². The normalized spacial score (nSPS) is 22.1. The lowest BCUT2D eigenvalue weighted by Gasteiger charge is -2.23. The zero-order chi connectivity index (χ0) is 13.0. The molecule has 1 aliphatic rings. The van der Waals surface area contributed by atoms with Gasteiger partial charge in [-0.2, -0.15) is 0 Å². The van der Waals surface area contributed by atoms with E-state index in [4.69, 9.17) is 4.99 Å². The van der Waals surface area contributed by atoms with Gasteiger partial charge in [0, 0.05) is 23.5 Å². The molecule has 18 heavy (non-hydrogen) atoms. The Bertz CT molecular complexity index is 474. The van der Waals surface area contributed by atoms with Crippen LogP contribution in [0.25, 0.3) is 0 Å². The molecule has 0 radical (unpaired) electrons. The fraction of sp³-hybridized carbons (Fsp3) is 0.438. The van der Waals surface area contributed by atoms with Gasteiger partial charge in [0.05, 0.1) is 0 Å². The number of nitrogens with zero attached hydrogens (tertiary/aromatic N) is 1. The van der Waals surface area contributed by atoms with Crippen molar-refractivity contribution in [2.45, 2.75) is 39.2 Å². The Morgan fingerprint density at radius 2 is 2.06 bits per heavy atom. The molecule has 0 spiro atoms. The lowest BCUT2D eigenvalue weighted by Crippen LogP contribution is -2.17. The third-order valence-electron chi connectivity index (χ3n) is 3.38. The van der Waals surface area contributed by atoms with Crippen LogP contribution in [-0.4, -0.2) is 12.3 Å². The van der Waals surface area contributed by atoms with Gasteiger partial charge in [-0.05, 0) is 32.4 Å². The average Bonchev–Trinajstić information content (AvgIpc) is 2.71. The molecule has 0 aromatic heterocycles. The van der Waals surface area contributed by atoms with Crippen LogP contribution in [-0.2, 0) is 5.54 Å². The first-order chi connectivity index (χ1) is 8.65. The summed E-state index contributed by atoms with van der Waals surface area (Å²) in [6.45, 7) is 7.45. The second kappa shape index (κ2) is 5.38. The minimum atomic E-state index is -0.208. The number of aliphatic imine (C=N–C) groups is 1. The zero-order valence-electron chi connectivity index (χ0n) is 11.5. The van der Waals surface area contributed by atoms with Crippen LogP contribution in [0.2, 0.25) is 0 Å². The third-order valence-corrected chi connectivity index (χ3v) is 3.38. The fourth-order valence-electron chi connectivity index (χ4n) is 2.35. The van der Waals surface area contributed by atoms with Crippen LogP contribution in [0.1, 0.15) is 39.2 Å². The standard InChI is InChI=1S/C16H22N2/c1-4-5-12-17-15-9-7-6-8-14(15)16(3)11-10-13(2)18-16/h6-11,17H,4-5,12H2,1-3H3. The molecule has 2 nitrogen and oxygen atoms in total. The maximum Gasteiger partial charge on any atom is 0.104 e. The lowest BCUT2D eigenvalue weighted by molar-refractivity contribution is 0.646. The van der Waals surface area contributed by atoms with Crippen LogP contribution < -0.4 is 5.32 Å². The summed E-state index contributed by atoms with van der Waals surface area (Å²) in [5.41, 5.74) is 3.35. The second-order valence-electron chi connectivity index (χ2n) is 5.06. The number of benzene rings is 1. The fourth-order valence-corrected chi connectivity index (χ4v) is 2.35. The largest absolute Gasteiger partial charge is 0.385 e. The summed E-state index contributed by atoms with van der Waals surface area (Å²) < 4.78 is 0. The maximum absolute atomic E-state index is 4.75. The van der Waals surface area contributed by atoms with E-state index in [2.05, 4.69) is 62.5 Å². The van der Waals surface area contributed by atoms with E-state index in [9.17, 15) is 0 Å². The summed E-state index contributed by atoms with van der Waals surface area (Å²) in [4.78, 5) is 4.75. The number of para-hydroxylation sites is 1. The summed E-state index contributed by atoms with van der Waals surface area (Å²) in [7, 11) is 0.